The van der Waals surface area contributed by atoms with Crippen molar-refractivity contribution in [1.29, 1.82) is 0 Å². The lowest BCUT2D eigenvalue weighted by molar-refractivity contribution is 0.0422. The number of benzene rings is 1. The maximum Gasteiger partial charge on any atom is 0.240 e. The Labute approximate surface area is 113 Å². The van der Waals surface area contributed by atoms with Crippen molar-refractivity contribution < 1.29 is 18.3 Å². The van der Waals surface area contributed by atoms with Gasteiger partial charge in [-0.05, 0) is 49.9 Å². The SMILES string of the molecule is COc1ccc(S(=O)(=O)NCC(C)(O)C2CC2)cc1. The molecule has 1 aliphatic rings. The molecule has 1 aliphatic carbocycles. The highest BCUT2D eigenvalue weighted by Gasteiger charge is 2.40. The molecule has 1 aromatic carbocycles. The molecule has 0 spiro atoms. The third-order valence-electron chi connectivity index (χ3n) is 3.45. The minimum absolute atomic E-state index is 0.0338. The van der Waals surface area contributed by atoms with Crippen molar-refractivity contribution in [2.45, 2.75) is 30.3 Å². The van der Waals surface area contributed by atoms with Crippen LogP contribution in [0.25, 0.3) is 0 Å². The molecule has 0 radical (unpaired) electrons. The lowest BCUT2D eigenvalue weighted by atomic mass is 10.0. The number of hydrogen-bond acceptors (Lipinski definition) is 4. The molecule has 1 saturated carbocycles. The summed E-state index contributed by atoms with van der Waals surface area (Å²) in [6.45, 7) is 1.70. The fraction of sp³-hybridized carbons (Fsp3) is 0.538. The Morgan fingerprint density at radius 1 is 1.37 bits per heavy atom. The van der Waals surface area contributed by atoms with Gasteiger partial charge in [-0.25, -0.2) is 13.1 Å². The molecule has 0 aromatic heterocycles. The van der Waals surface area contributed by atoms with Crippen LogP contribution < -0.4 is 9.46 Å². The van der Waals surface area contributed by atoms with Crippen LogP contribution in [-0.4, -0.2) is 32.8 Å². The Hall–Kier alpha value is -1.11. The molecule has 0 bridgehead atoms. The third kappa shape index (κ3) is 3.46. The van der Waals surface area contributed by atoms with Crippen molar-refractivity contribution in [2.75, 3.05) is 13.7 Å². The molecule has 1 unspecified atom stereocenters. The molecule has 106 valence electrons. The first kappa shape index (κ1) is 14.3. The van der Waals surface area contributed by atoms with E-state index in [4.69, 9.17) is 4.74 Å². The van der Waals surface area contributed by atoms with Gasteiger partial charge in [0.15, 0.2) is 0 Å². The number of nitrogens with one attached hydrogen (secondary N) is 1. The van der Waals surface area contributed by atoms with Crippen molar-refractivity contribution >= 4 is 10.0 Å². The Balaban J connectivity index is 2.04. The first-order valence-corrected chi connectivity index (χ1v) is 7.69. The highest BCUT2D eigenvalue weighted by molar-refractivity contribution is 7.89. The molecule has 2 rings (SSSR count). The summed E-state index contributed by atoms with van der Waals surface area (Å²) in [4.78, 5) is 0.167. The van der Waals surface area contributed by atoms with Crippen molar-refractivity contribution in [1.82, 2.24) is 4.72 Å². The molecule has 0 aliphatic heterocycles. The van der Waals surface area contributed by atoms with E-state index in [-0.39, 0.29) is 17.4 Å². The van der Waals surface area contributed by atoms with Crippen LogP contribution >= 0.6 is 0 Å². The first-order valence-electron chi connectivity index (χ1n) is 6.21. The van der Waals surface area contributed by atoms with Crippen LogP contribution in [0, 0.1) is 5.92 Å². The van der Waals surface area contributed by atoms with Gasteiger partial charge in [-0.15, -0.1) is 0 Å². The second kappa shape index (κ2) is 5.11. The van der Waals surface area contributed by atoms with E-state index < -0.39 is 15.6 Å². The van der Waals surface area contributed by atoms with E-state index in [0.717, 1.165) is 12.8 Å². The van der Waals surface area contributed by atoms with Crippen molar-refractivity contribution in [3.05, 3.63) is 24.3 Å². The van der Waals surface area contributed by atoms with Gasteiger partial charge in [-0.1, -0.05) is 0 Å². The predicted octanol–water partition coefficient (Wildman–Crippen LogP) is 1.13. The van der Waals surface area contributed by atoms with Crippen molar-refractivity contribution in [3.63, 3.8) is 0 Å². The largest absolute Gasteiger partial charge is 0.497 e. The van der Waals surface area contributed by atoms with Gasteiger partial charge in [-0.2, -0.15) is 0 Å². The molecule has 19 heavy (non-hydrogen) atoms. The molecule has 5 nitrogen and oxygen atoms in total. The highest BCUT2D eigenvalue weighted by atomic mass is 32.2. The Bertz CT molecular complexity index is 532. The molecular weight excluding hydrogens is 266 g/mol. The molecule has 1 aromatic rings. The molecule has 1 fully saturated rings. The zero-order valence-electron chi connectivity index (χ0n) is 11.1. The second-order valence-electron chi connectivity index (χ2n) is 5.13. The fourth-order valence-electron chi connectivity index (χ4n) is 1.93. The molecule has 0 saturated heterocycles. The van der Waals surface area contributed by atoms with Gasteiger partial charge in [-0.3, -0.25) is 0 Å². The second-order valence-corrected chi connectivity index (χ2v) is 6.90. The van der Waals surface area contributed by atoms with Crippen molar-refractivity contribution in [2.24, 2.45) is 5.92 Å². The summed E-state index contributed by atoms with van der Waals surface area (Å²) in [6.07, 6.45) is 1.91. The zero-order chi connectivity index (χ0) is 14.1. The van der Waals surface area contributed by atoms with Crippen molar-refractivity contribution in [3.8, 4) is 5.75 Å². The fourth-order valence-corrected chi connectivity index (χ4v) is 3.07. The summed E-state index contributed by atoms with van der Waals surface area (Å²) in [7, 11) is -2.07. The molecule has 1 atom stereocenters. The molecule has 2 N–H and O–H groups in total. The van der Waals surface area contributed by atoms with Crippen LogP contribution in [0.1, 0.15) is 19.8 Å². The average molecular weight is 285 g/mol. The summed E-state index contributed by atoms with van der Waals surface area (Å²) in [5.41, 5.74) is -0.973. The molecule has 0 heterocycles. The standard InChI is InChI=1S/C13H19NO4S/c1-13(15,10-3-4-10)9-14-19(16,17)12-7-5-11(18-2)6-8-12/h5-8,10,14-15H,3-4,9H2,1-2H3. The van der Waals surface area contributed by atoms with E-state index in [0.29, 0.717) is 5.75 Å². The predicted molar refractivity (Wildman–Crippen MR) is 71.5 cm³/mol. The summed E-state index contributed by atoms with van der Waals surface area (Å²) in [6, 6.07) is 6.14. The van der Waals surface area contributed by atoms with Crippen LogP contribution in [0.4, 0.5) is 0 Å². The summed E-state index contributed by atoms with van der Waals surface area (Å²) < 4.78 is 31.6. The number of hydrogen-bond donors (Lipinski definition) is 2. The summed E-state index contributed by atoms with van der Waals surface area (Å²) in [5, 5.41) is 10.1. The maximum atomic E-state index is 12.1. The minimum Gasteiger partial charge on any atom is -0.497 e. The van der Waals surface area contributed by atoms with Gasteiger partial charge in [0, 0.05) is 6.54 Å². The number of rotatable bonds is 6. The van der Waals surface area contributed by atoms with E-state index in [2.05, 4.69) is 4.72 Å². The van der Waals surface area contributed by atoms with Gasteiger partial charge >= 0.3 is 0 Å². The monoisotopic (exact) mass is 285 g/mol. The Morgan fingerprint density at radius 2 is 1.95 bits per heavy atom. The lowest BCUT2D eigenvalue weighted by Crippen LogP contribution is -2.42. The first-order chi connectivity index (χ1) is 8.85. The van der Waals surface area contributed by atoms with Gasteiger partial charge in [0.1, 0.15) is 5.75 Å². The van der Waals surface area contributed by atoms with E-state index in [1.165, 1.54) is 19.2 Å². The molecule has 0 amide bonds. The van der Waals surface area contributed by atoms with E-state index in [1.54, 1.807) is 19.1 Å². The smallest absolute Gasteiger partial charge is 0.240 e. The van der Waals surface area contributed by atoms with Gasteiger partial charge in [0.25, 0.3) is 0 Å². The van der Waals surface area contributed by atoms with Crippen LogP contribution in [-0.2, 0) is 10.0 Å². The number of sulfonamides is 1. The van der Waals surface area contributed by atoms with Crippen LogP contribution in [0.2, 0.25) is 0 Å². The van der Waals surface area contributed by atoms with E-state index in [9.17, 15) is 13.5 Å². The zero-order valence-corrected chi connectivity index (χ0v) is 11.9. The van der Waals surface area contributed by atoms with Crippen LogP contribution in [0.3, 0.4) is 0 Å². The Kier molecular flexibility index (Phi) is 3.85. The van der Waals surface area contributed by atoms with E-state index in [1.807, 2.05) is 0 Å². The normalized spacial score (nSPS) is 18.9. The number of ether oxygens (including phenoxy) is 1. The van der Waals surface area contributed by atoms with E-state index >= 15 is 0 Å². The quantitative estimate of drug-likeness (QED) is 0.821. The van der Waals surface area contributed by atoms with Gasteiger partial charge < -0.3 is 9.84 Å². The molecule has 6 heteroatoms. The van der Waals surface area contributed by atoms with Crippen LogP contribution in [0.5, 0.6) is 5.75 Å². The molecular formula is C13H19NO4S. The minimum atomic E-state index is -3.59. The lowest BCUT2D eigenvalue weighted by Gasteiger charge is -2.23. The topological polar surface area (TPSA) is 75.6 Å². The maximum absolute atomic E-state index is 12.1. The number of aliphatic hydroxyl groups is 1. The third-order valence-corrected chi connectivity index (χ3v) is 4.86. The van der Waals surface area contributed by atoms with Crippen LogP contribution in [0.15, 0.2) is 29.2 Å². The van der Waals surface area contributed by atoms with Gasteiger partial charge in [0.2, 0.25) is 10.0 Å². The number of methoxy groups -OCH3 is 1. The summed E-state index contributed by atoms with van der Waals surface area (Å²) >= 11 is 0. The summed E-state index contributed by atoms with van der Waals surface area (Å²) in [5.74, 6) is 0.801. The average Bonchev–Trinajstić information content (AvgIpc) is 3.21. The highest BCUT2D eigenvalue weighted by Crippen LogP contribution is 2.39. The Morgan fingerprint density at radius 3 is 2.42 bits per heavy atom. The van der Waals surface area contributed by atoms with Gasteiger partial charge in [0.05, 0.1) is 17.6 Å².